The smallest absolute Gasteiger partial charge is 0.267 e. The van der Waals surface area contributed by atoms with Crippen LogP contribution >= 0.6 is 11.3 Å². The van der Waals surface area contributed by atoms with Crippen LogP contribution in [0.3, 0.4) is 0 Å². The van der Waals surface area contributed by atoms with Gasteiger partial charge in [-0.1, -0.05) is 54.1 Å². The van der Waals surface area contributed by atoms with Gasteiger partial charge in [-0.3, -0.25) is 20.4 Å². The third-order valence-corrected chi connectivity index (χ3v) is 6.37. The van der Waals surface area contributed by atoms with E-state index in [4.69, 9.17) is 0 Å². The first-order valence-corrected chi connectivity index (χ1v) is 11.9. The molecule has 11 heteroatoms. The predicted molar refractivity (Wildman–Crippen MR) is 133 cm³/mol. The van der Waals surface area contributed by atoms with E-state index in [0.717, 1.165) is 38.4 Å². The number of halogens is 3. The van der Waals surface area contributed by atoms with Gasteiger partial charge in [-0.25, -0.2) is 9.67 Å². The Morgan fingerprint density at radius 3 is 2.32 bits per heavy atom. The first-order valence-electron chi connectivity index (χ1n) is 11.0. The zero-order valence-electron chi connectivity index (χ0n) is 19.2. The van der Waals surface area contributed by atoms with Gasteiger partial charge in [-0.05, 0) is 42.0 Å². The summed E-state index contributed by atoms with van der Waals surface area (Å²) in [5.41, 5.74) is 5.41. The molecule has 7 nitrogen and oxygen atoms in total. The standard InChI is InChI=1S/C26H18F3N5O2S/c1-15-6-8-17(9-7-15)23(35)31-32-24(36)20-14-37-25(30-20)34-21(13-22(33-34)26(27,28)29)19-11-10-16-4-2-3-5-18(16)12-19/h2-14H,1H3,(H,31,35)(H,32,36). The Bertz CT molecular complexity index is 1620. The molecule has 0 spiro atoms. The Kier molecular flexibility index (Phi) is 6.22. The Balaban J connectivity index is 1.42. The van der Waals surface area contributed by atoms with Crippen molar-refractivity contribution in [3.8, 4) is 16.4 Å². The van der Waals surface area contributed by atoms with Crippen LogP contribution in [-0.2, 0) is 6.18 Å². The summed E-state index contributed by atoms with van der Waals surface area (Å²) in [7, 11) is 0. The van der Waals surface area contributed by atoms with E-state index in [1.165, 1.54) is 5.38 Å². The summed E-state index contributed by atoms with van der Waals surface area (Å²) in [6.45, 7) is 1.88. The molecule has 0 saturated heterocycles. The second-order valence-corrected chi connectivity index (χ2v) is 9.01. The molecule has 2 amide bonds. The van der Waals surface area contributed by atoms with E-state index in [2.05, 4.69) is 20.9 Å². The maximum absolute atomic E-state index is 13.5. The van der Waals surface area contributed by atoms with Gasteiger partial charge in [0, 0.05) is 16.5 Å². The van der Waals surface area contributed by atoms with E-state index in [1.54, 1.807) is 36.4 Å². The van der Waals surface area contributed by atoms with Crippen molar-refractivity contribution in [1.82, 2.24) is 25.6 Å². The number of hydrogen-bond acceptors (Lipinski definition) is 5. The number of aryl methyl sites for hydroxylation is 1. The van der Waals surface area contributed by atoms with E-state index in [-0.39, 0.29) is 16.5 Å². The number of hydrogen-bond donors (Lipinski definition) is 2. The van der Waals surface area contributed by atoms with E-state index in [1.807, 2.05) is 37.3 Å². The van der Waals surface area contributed by atoms with Gasteiger partial charge in [-0.2, -0.15) is 18.3 Å². The fourth-order valence-electron chi connectivity index (χ4n) is 3.64. The number of benzene rings is 3. The van der Waals surface area contributed by atoms with Crippen LogP contribution in [0.25, 0.3) is 27.2 Å². The number of rotatable bonds is 4. The highest BCUT2D eigenvalue weighted by Crippen LogP contribution is 2.34. The highest BCUT2D eigenvalue weighted by atomic mass is 32.1. The van der Waals surface area contributed by atoms with Crippen molar-refractivity contribution >= 4 is 33.9 Å². The first kappa shape index (κ1) is 24.2. The van der Waals surface area contributed by atoms with Gasteiger partial charge in [0.05, 0.1) is 5.69 Å². The number of thiazole rings is 1. The number of carbonyl (C=O) groups is 2. The number of nitrogens with one attached hydrogen (secondary N) is 2. The van der Waals surface area contributed by atoms with Crippen molar-refractivity contribution < 1.29 is 22.8 Å². The Hall–Kier alpha value is -4.51. The quantitative estimate of drug-likeness (QED) is 0.304. The largest absolute Gasteiger partial charge is 0.435 e. The molecule has 0 radical (unpaired) electrons. The lowest BCUT2D eigenvalue weighted by Crippen LogP contribution is -2.41. The van der Waals surface area contributed by atoms with Crippen LogP contribution in [-0.4, -0.2) is 26.6 Å². The minimum absolute atomic E-state index is 0.0636. The molecule has 186 valence electrons. The number of carbonyl (C=O) groups excluding carboxylic acids is 2. The average molecular weight is 522 g/mol. The molecule has 0 bridgehead atoms. The lowest BCUT2D eigenvalue weighted by molar-refractivity contribution is -0.141. The molecule has 0 unspecified atom stereocenters. The van der Waals surface area contributed by atoms with Crippen LogP contribution in [0.15, 0.2) is 78.2 Å². The van der Waals surface area contributed by atoms with E-state index < -0.39 is 23.7 Å². The first-order chi connectivity index (χ1) is 17.7. The van der Waals surface area contributed by atoms with Gasteiger partial charge in [0.1, 0.15) is 5.69 Å². The minimum atomic E-state index is -4.67. The topological polar surface area (TPSA) is 88.9 Å². The SMILES string of the molecule is Cc1ccc(C(=O)NNC(=O)c2csc(-n3nc(C(F)(F)F)cc3-c3ccc4ccccc4c3)n2)cc1. The maximum Gasteiger partial charge on any atom is 0.435 e. The average Bonchev–Trinajstić information content (AvgIpc) is 3.55. The summed E-state index contributed by atoms with van der Waals surface area (Å²) in [5.74, 6) is -1.25. The zero-order valence-corrected chi connectivity index (χ0v) is 20.0. The number of nitrogens with zero attached hydrogens (tertiary/aromatic N) is 3. The Morgan fingerprint density at radius 1 is 0.892 bits per heavy atom. The van der Waals surface area contributed by atoms with Crippen LogP contribution in [0.1, 0.15) is 32.1 Å². The molecule has 2 heterocycles. The number of fused-ring (bicyclic) bond motifs is 1. The van der Waals surface area contributed by atoms with Crippen molar-refractivity contribution in [3.63, 3.8) is 0 Å². The molecule has 2 aromatic heterocycles. The molecule has 2 N–H and O–H groups in total. The van der Waals surface area contributed by atoms with E-state index in [0.29, 0.717) is 11.1 Å². The normalized spacial score (nSPS) is 11.5. The van der Waals surface area contributed by atoms with Crippen LogP contribution in [0.4, 0.5) is 13.2 Å². The molecule has 0 fully saturated rings. The predicted octanol–water partition coefficient (Wildman–Crippen LogP) is 5.55. The van der Waals surface area contributed by atoms with Gasteiger partial charge in [0.25, 0.3) is 11.8 Å². The number of amides is 2. The van der Waals surface area contributed by atoms with Crippen molar-refractivity contribution in [2.24, 2.45) is 0 Å². The minimum Gasteiger partial charge on any atom is -0.267 e. The maximum atomic E-state index is 13.5. The third-order valence-electron chi connectivity index (χ3n) is 5.55. The van der Waals surface area contributed by atoms with Crippen LogP contribution in [0.2, 0.25) is 0 Å². The highest BCUT2D eigenvalue weighted by Gasteiger charge is 2.35. The fourth-order valence-corrected chi connectivity index (χ4v) is 4.41. The van der Waals surface area contributed by atoms with Crippen LogP contribution in [0, 0.1) is 6.92 Å². The second kappa shape index (κ2) is 9.51. The molecule has 0 saturated carbocycles. The van der Waals surface area contributed by atoms with E-state index >= 15 is 0 Å². The molecule has 5 aromatic rings. The second-order valence-electron chi connectivity index (χ2n) is 8.18. The van der Waals surface area contributed by atoms with Gasteiger partial charge in [-0.15, -0.1) is 11.3 Å². The summed E-state index contributed by atoms with van der Waals surface area (Å²) in [4.78, 5) is 29.0. The third kappa shape index (κ3) is 5.07. The fraction of sp³-hybridized carbons (Fsp3) is 0.0769. The molecule has 3 aromatic carbocycles. The Labute approximate surface area is 212 Å². The van der Waals surface area contributed by atoms with Crippen molar-refractivity contribution in [2.45, 2.75) is 13.1 Å². The molecule has 5 rings (SSSR count). The van der Waals surface area contributed by atoms with Gasteiger partial charge in [0.2, 0.25) is 5.13 Å². The van der Waals surface area contributed by atoms with Crippen molar-refractivity contribution in [2.75, 3.05) is 0 Å². The van der Waals surface area contributed by atoms with Crippen molar-refractivity contribution in [1.29, 1.82) is 0 Å². The molecular weight excluding hydrogens is 503 g/mol. The van der Waals surface area contributed by atoms with Crippen LogP contribution in [0.5, 0.6) is 0 Å². The van der Waals surface area contributed by atoms with Gasteiger partial charge < -0.3 is 0 Å². The number of alkyl halides is 3. The number of aromatic nitrogens is 3. The summed E-state index contributed by atoms with van der Waals surface area (Å²) in [6.07, 6.45) is -4.67. The summed E-state index contributed by atoms with van der Waals surface area (Å²) < 4.78 is 41.7. The summed E-state index contributed by atoms with van der Waals surface area (Å²) in [5, 5.41) is 6.97. The number of hydrazine groups is 1. The summed E-state index contributed by atoms with van der Waals surface area (Å²) in [6, 6.07) is 20.5. The Morgan fingerprint density at radius 2 is 1.59 bits per heavy atom. The van der Waals surface area contributed by atoms with Gasteiger partial charge in [0.15, 0.2) is 5.69 Å². The lowest BCUT2D eigenvalue weighted by Gasteiger charge is -2.07. The van der Waals surface area contributed by atoms with Crippen LogP contribution < -0.4 is 10.9 Å². The van der Waals surface area contributed by atoms with Crippen molar-refractivity contribution in [3.05, 3.63) is 101 Å². The van der Waals surface area contributed by atoms with E-state index in [9.17, 15) is 22.8 Å². The molecule has 0 aliphatic rings. The monoisotopic (exact) mass is 521 g/mol. The highest BCUT2D eigenvalue weighted by molar-refractivity contribution is 7.12. The zero-order chi connectivity index (χ0) is 26.2. The van der Waals surface area contributed by atoms with Gasteiger partial charge >= 0.3 is 6.18 Å². The molecule has 0 aliphatic heterocycles. The molecule has 0 aliphatic carbocycles. The molecular formula is C26H18F3N5O2S. The summed E-state index contributed by atoms with van der Waals surface area (Å²) >= 11 is 0.948. The molecule has 0 atom stereocenters. The lowest BCUT2D eigenvalue weighted by atomic mass is 10.0. The molecule has 37 heavy (non-hydrogen) atoms.